The van der Waals surface area contributed by atoms with E-state index in [1.54, 1.807) is 0 Å². The van der Waals surface area contributed by atoms with Gasteiger partial charge in [-0.25, -0.2) is 0 Å². The summed E-state index contributed by atoms with van der Waals surface area (Å²) in [7, 11) is 0. The third-order valence-electron chi connectivity index (χ3n) is 3.64. The largest absolute Gasteiger partial charge is 0.370 e. The van der Waals surface area contributed by atoms with Gasteiger partial charge in [0.25, 0.3) is 0 Å². The first-order valence-corrected chi connectivity index (χ1v) is 6.37. The molecular weight excluding hydrogens is 210 g/mol. The molecule has 0 fully saturated rings. The molecular formula is C14H21N3. The molecule has 0 spiro atoms. The number of hydrogen-bond acceptors (Lipinski definition) is 3. The monoisotopic (exact) mass is 231 g/mol. The summed E-state index contributed by atoms with van der Waals surface area (Å²) in [5.74, 6) is 0.692. The molecule has 1 aliphatic heterocycles. The lowest BCUT2D eigenvalue weighted by Gasteiger charge is -2.39. The fraction of sp³-hybridized carbons (Fsp3) is 0.500. The Hall–Kier alpha value is -1.51. The van der Waals surface area contributed by atoms with E-state index in [9.17, 15) is 0 Å². The molecule has 0 saturated heterocycles. The summed E-state index contributed by atoms with van der Waals surface area (Å²) < 4.78 is 0. The Balaban J connectivity index is 2.38. The Morgan fingerprint density at radius 1 is 1.29 bits per heavy atom. The molecule has 0 amide bonds. The van der Waals surface area contributed by atoms with Gasteiger partial charge >= 0.3 is 0 Å². The van der Waals surface area contributed by atoms with E-state index in [1.807, 2.05) is 0 Å². The maximum atomic E-state index is 6.03. The second-order valence-corrected chi connectivity index (χ2v) is 4.58. The quantitative estimate of drug-likeness (QED) is 0.864. The lowest BCUT2D eigenvalue weighted by Crippen LogP contribution is -2.49. The van der Waals surface area contributed by atoms with Gasteiger partial charge in [0, 0.05) is 6.54 Å². The highest BCUT2D eigenvalue weighted by molar-refractivity contribution is 5.81. The van der Waals surface area contributed by atoms with Crippen LogP contribution in [0.1, 0.15) is 32.3 Å². The average molecular weight is 231 g/mol. The molecule has 1 aromatic rings. The molecule has 1 heterocycles. The van der Waals surface area contributed by atoms with Crippen LogP contribution in [0.4, 0.5) is 0 Å². The molecule has 1 unspecified atom stereocenters. The minimum Gasteiger partial charge on any atom is -0.370 e. The number of benzene rings is 1. The lowest BCUT2D eigenvalue weighted by atomic mass is 9.86. The second-order valence-electron chi connectivity index (χ2n) is 4.58. The molecule has 0 aromatic heterocycles. The van der Waals surface area contributed by atoms with Gasteiger partial charge < -0.3 is 10.6 Å². The van der Waals surface area contributed by atoms with Gasteiger partial charge in [-0.2, -0.15) is 0 Å². The van der Waals surface area contributed by atoms with Crippen molar-refractivity contribution in [2.75, 3.05) is 13.1 Å². The first-order valence-electron chi connectivity index (χ1n) is 6.37. The first-order chi connectivity index (χ1) is 8.24. The van der Waals surface area contributed by atoms with E-state index >= 15 is 0 Å². The molecule has 0 radical (unpaired) electrons. The zero-order valence-electron chi connectivity index (χ0n) is 10.7. The van der Waals surface area contributed by atoms with Crippen molar-refractivity contribution < 1.29 is 0 Å². The van der Waals surface area contributed by atoms with E-state index in [-0.39, 0.29) is 5.54 Å². The molecule has 92 valence electrons. The third-order valence-corrected chi connectivity index (χ3v) is 3.64. The number of nitrogens with two attached hydrogens (primary N) is 1. The van der Waals surface area contributed by atoms with E-state index < -0.39 is 0 Å². The molecule has 0 aliphatic carbocycles. The van der Waals surface area contributed by atoms with Crippen LogP contribution in [0.15, 0.2) is 35.3 Å². The van der Waals surface area contributed by atoms with Crippen molar-refractivity contribution in [1.82, 2.24) is 4.90 Å². The minimum atomic E-state index is -0.0264. The SMILES string of the molecule is CCCN1C(N)=NCC1(CC)c1ccccc1. The van der Waals surface area contributed by atoms with Crippen LogP contribution in [0.2, 0.25) is 0 Å². The molecule has 17 heavy (non-hydrogen) atoms. The Kier molecular flexibility index (Phi) is 3.36. The van der Waals surface area contributed by atoms with Gasteiger partial charge in [0.2, 0.25) is 0 Å². The summed E-state index contributed by atoms with van der Waals surface area (Å²) in [5, 5.41) is 0. The van der Waals surface area contributed by atoms with Crippen molar-refractivity contribution >= 4 is 5.96 Å². The van der Waals surface area contributed by atoms with Gasteiger partial charge in [0.1, 0.15) is 0 Å². The van der Waals surface area contributed by atoms with Crippen LogP contribution in [-0.2, 0) is 5.54 Å². The standard InChI is InChI=1S/C14H21N3/c1-3-10-17-13(15)16-11-14(17,4-2)12-8-6-5-7-9-12/h5-9H,3-4,10-11H2,1-2H3,(H2,15,16). The maximum Gasteiger partial charge on any atom is 0.192 e. The van der Waals surface area contributed by atoms with Gasteiger partial charge in [-0.05, 0) is 18.4 Å². The molecule has 0 bridgehead atoms. The zero-order chi connectivity index (χ0) is 12.3. The molecule has 0 saturated carbocycles. The maximum absolute atomic E-state index is 6.03. The van der Waals surface area contributed by atoms with E-state index in [2.05, 4.69) is 54.1 Å². The Morgan fingerprint density at radius 2 is 2.00 bits per heavy atom. The van der Waals surface area contributed by atoms with Crippen molar-refractivity contribution in [3.8, 4) is 0 Å². The average Bonchev–Trinajstić information content (AvgIpc) is 2.70. The van der Waals surface area contributed by atoms with Crippen LogP contribution in [0.25, 0.3) is 0 Å². The van der Waals surface area contributed by atoms with Crippen LogP contribution < -0.4 is 5.73 Å². The highest BCUT2D eigenvalue weighted by Crippen LogP contribution is 2.36. The summed E-state index contributed by atoms with van der Waals surface area (Å²) in [6.45, 7) is 6.14. The first kappa shape index (κ1) is 12.0. The van der Waals surface area contributed by atoms with Crippen LogP contribution in [0.5, 0.6) is 0 Å². The smallest absolute Gasteiger partial charge is 0.192 e. The van der Waals surface area contributed by atoms with Gasteiger partial charge in [-0.15, -0.1) is 0 Å². The summed E-state index contributed by atoms with van der Waals surface area (Å²) in [6, 6.07) is 10.6. The summed E-state index contributed by atoms with van der Waals surface area (Å²) in [4.78, 5) is 6.72. The minimum absolute atomic E-state index is 0.0264. The van der Waals surface area contributed by atoms with Crippen molar-refractivity contribution in [2.45, 2.75) is 32.2 Å². The number of nitrogens with zero attached hydrogens (tertiary/aromatic N) is 2. The molecule has 1 atom stereocenters. The molecule has 1 aromatic carbocycles. The normalized spacial score (nSPS) is 23.9. The zero-order valence-corrected chi connectivity index (χ0v) is 10.7. The second kappa shape index (κ2) is 4.78. The molecule has 3 nitrogen and oxygen atoms in total. The Morgan fingerprint density at radius 3 is 2.59 bits per heavy atom. The summed E-state index contributed by atoms with van der Waals surface area (Å²) in [5.41, 5.74) is 7.32. The van der Waals surface area contributed by atoms with E-state index in [0.29, 0.717) is 5.96 Å². The lowest BCUT2D eigenvalue weighted by molar-refractivity contribution is 0.194. The predicted octanol–water partition coefficient (Wildman–Crippen LogP) is 2.33. The topological polar surface area (TPSA) is 41.6 Å². The van der Waals surface area contributed by atoms with Crippen molar-refractivity contribution in [3.05, 3.63) is 35.9 Å². The molecule has 3 heteroatoms. The fourth-order valence-corrected chi connectivity index (χ4v) is 2.66. The highest BCUT2D eigenvalue weighted by Gasteiger charge is 2.41. The fourth-order valence-electron chi connectivity index (χ4n) is 2.66. The predicted molar refractivity (Wildman–Crippen MR) is 71.9 cm³/mol. The van der Waals surface area contributed by atoms with Crippen LogP contribution in [0, 0.1) is 0 Å². The summed E-state index contributed by atoms with van der Waals surface area (Å²) >= 11 is 0. The van der Waals surface area contributed by atoms with Gasteiger partial charge in [0.15, 0.2) is 5.96 Å². The van der Waals surface area contributed by atoms with Crippen molar-refractivity contribution in [2.24, 2.45) is 10.7 Å². The Bertz CT molecular complexity index is 399. The Labute approximate surface area is 103 Å². The number of guanidine groups is 1. The van der Waals surface area contributed by atoms with E-state index in [0.717, 1.165) is 25.9 Å². The van der Waals surface area contributed by atoms with Gasteiger partial charge in [0.05, 0.1) is 12.1 Å². The van der Waals surface area contributed by atoms with Crippen molar-refractivity contribution in [3.63, 3.8) is 0 Å². The van der Waals surface area contributed by atoms with Gasteiger partial charge in [-0.1, -0.05) is 44.2 Å². The summed E-state index contributed by atoms with van der Waals surface area (Å²) in [6.07, 6.45) is 2.12. The number of hydrogen-bond donors (Lipinski definition) is 1. The molecule has 1 aliphatic rings. The number of rotatable bonds is 4. The van der Waals surface area contributed by atoms with Crippen LogP contribution >= 0.6 is 0 Å². The van der Waals surface area contributed by atoms with Crippen LogP contribution in [-0.4, -0.2) is 23.9 Å². The van der Waals surface area contributed by atoms with E-state index in [1.165, 1.54) is 5.56 Å². The molecule has 2 N–H and O–H groups in total. The molecule has 2 rings (SSSR count). The van der Waals surface area contributed by atoms with Crippen LogP contribution in [0.3, 0.4) is 0 Å². The van der Waals surface area contributed by atoms with Gasteiger partial charge in [-0.3, -0.25) is 4.99 Å². The van der Waals surface area contributed by atoms with Crippen molar-refractivity contribution in [1.29, 1.82) is 0 Å². The highest BCUT2D eigenvalue weighted by atomic mass is 15.4. The van der Waals surface area contributed by atoms with E-state index in [4.69, 9.17) is 5.73 Å². The third kappa shape index (κ3) is 1.90. The number of aliphatic imine (C=N–C) groups is 1.